The number of nitrogens with zero attached hydrogens (tertiary/aromatic N) is 4. The molecule has 0 atom stereocenters. The molecular weight excluding hydrogens is 665 g/mol. The first-order valence-electron chi connectivity index (χ1n) is 17.6. The molecule has 0 radical (unpaired) electrons. The van der Waals surface area contributed by atoms with E-state index in [9.17, 15) is 0 Å². The minimum absolute atomic E-state index is 0.812. The van der Waals surface area contributed by atoms with Crippen molar-refractivity contribution in [2.24, 2.45) is 0 Å². The molecule has 10 rings (SSSR count). The molecule has 0 N–H and O–H groups in total. The SMILES string of the molecule is c1ccc(-c2cccc3nc(-c4cccc(-c5ccc(-c6cc(-c7ccccn7)nc(-c7ccccn7)c6)cc5)c4)c4sc5ccccc5c4c23)cc1. The molecule has 0 bridgehead atoms. The third kappa shape index (κ3) is 5.64. The molecule has 4 nitrogen and oxygen atoms in total. The predicted octanol–water partition coefficient (Wildman–Crippen LogP) is 12.8. The first-order valence-corrected chi connectivity index (χ1v) is 18.4. The number of pyridine rings is 4. The Bertz CT molecular complexity index is 2860. The molecule has 0 unspecified atom stereocenters. The van der Waals surface area contributed by atoms with Crippen molar-refractivity contribution in [2.75, 3.05) is 0 Å². The van der Waals surface area contributed by atoms with E-state index in [0.29, 0.717) is 0 Å². The van der Waals surface area contributed by atoms with Crippen LogP contribution < -0.4 is 0 Å². The summed E-state index contributed by atoms with van der Waals surface area (Å²) in [5.74, 6) is 0. The van der Waals surface area contributed by atoms with Gasteiger partial charge in [-0.05, 0) is 88.0 Å². The second-order valence-electron chi connectivity index (χ2n) is 13.0. The van der Waals surface area contributed by atoms with Gasteiger partial charge in [0.05, 0.1) is 38.7 Å². The van der Waals surface area contributed by atoms with E-state index in [4.69, 9.17) is 9.97 Å². The fraction of sp³-hybridized carbons (Fsp3) is 0. The number of thiophene rings is 1. The quantitative estimate of drug-likeness (QED) is 0.174. The molecule has 0 saturated carbocycles. The Kier molecular flexibility index (Phi) is 7.63. The number of benzene rings is 5. The number of fused-ring (bicyclic) bond motifs is 5. The summed E-state index contributed by atoms with van der Waals surface area (Å²) >= 11 is 1.83. The van der Waals surface area contributed by atoms with Gasteiger partial charge >= 0.3 is 0 Å². The molecule has 0 spiro atoms. The smallest absolute Gasteiger partial charge is 0.0900 e. The predicted molar refractivity (Wildman–Crippen MR) is 221 cm³/mol. The van der Waals surface area contributed by atoms with Crippen LogP contribution in [-0.2, 0) is 0 Å². The highest BCUT2D eigenvalue weighted by Gasteiger charge is 2.19. The maximum Gasteiger partial charge on any atom is 0.0900 e. The molecule has 0 aliphatic rings. The highest BCUT2D eigenvalue weighted by atomic mass is 32.1. The molecule has 0 saturated heterocycles. The van der Waals surface area contributed by atoms with Gasteiger partial charge in [0, 0.05) is 38.8 Å². The molecule has 0 amide bonds. The molecule has 10 aromatic rings. The van der Waals surface area contributed by atoms with Gasteiger partial charge in [0.2, 0.25) is 0 Å². The summed E-state index contributed by atoms with van der Waals surface area (Å²) in [6.07, 6.45) is 3.60. The van der Waals surface area contributed by atoms with Crippen LogP contribution in [0.2, 0.25) is 0 Å². The second-order valence-corrected chi connectivity index (χ2v) is 14.1. The lowest BCUT2D eigenvalue weighted by molar-refractivity contribution is 1.22. The van der Waals surface area contributed by atoms with E-state index >= 15 is 0 Å². The van der Waals surface area contributed by atoms with E-state index in [-0.39, 0.29) is 0 Å². The summed E-state index contributed by atoms with van der Waals surface area (Å²) in [6, 6.07) is 59.4. The minimum atomic E-state index is 0.812. The standard InChI is InChI=1S/C48H30N4S/c1-2-12-33(13-3-1)37-17-11-20-41-45(37)46-38-16-4-5-21-44(38)53-48(46)47(52-41)35-15-10-14-34(28-35)31-22-24-32(25-23-31)36-29-42(39-18-6-8-26-49-39)51-43(30-36)40-19-7-9-27-50-40/h1-30H. The highest BCUT2D eigenvalue weighted by Crippen LogP contribution is 2.45. The van der Waals surface area contributed by atoms with E-state index in [1.54, 1.807) is 12.4 Å². The van der Waals surface area contributed by atoms with Gasteiger partial charge in [-0.15, -0.1) is 11.3 Å². The zero-order valence-electron chi connectivity index (χ0n) is 28.5. The summed E-state index contributed by atoms with van der Waals surface area (Å²) in [7, 11) is 0. The van der Waals surface area contributed by atoms with E-state index in [2.05, 4.69) is 143 Å². The van der Waals surface area contributed by atoms with Crippen molar-refractivity contribution >= 4 is 42.4 Å². The maximum absolute atomic E-state index is 5.40. The molecule has 5 heteroatoms. The number of hydrogen-bond acceptors (Lipinski definition) is 5. The van der Waals surface area contributed by atoms with Crippen LogP contribution in [-0.4, -0.2) is 19.9 Å². The van der Waals surface area contributed by atoms with Crippen molar-refractivity contribution in [1.29, 1.82) is 0 Å². The van der Waals surface area contributed by atoms with Crippen molar-refractivity contribution in [3.8, 4) is 67.4 Å². The summed E-state index contributed by atoms with van der Waals surface area (Å²) < 4.78 is 2.47. The van der Waals surface area contributed by atoms with E-state index < -0.39 is 0 Å². The van der Waals surface area contributed by atoms with Crippen LogP contribution >= 0.6 is 11.3 Å². The average molecular weight is 695 g/mol. The van der Waals surface area contributed by atoms with Crippen LogP contribution in [0.4, 0.5) is 0 Å². The van der Waals surface area contributed by atoms with Crippen molar-refractivity contribution in [2.45, 2.75) is 0 Å². The molecule has 5 heterocycles. The van der Waals surface area contributed by atoms with Gasteiger partial charge in [-0.2, -0.15) is 0 Å². The van der Waals surface area contributed by atoms with Gasteiger partial charge in [-0.25, -0.2) is 9.97 Å². The molecule has 0 fully saturated rings. The Hall–Kier alpha value is -6.82. The zero-order valence-corrected chi connectivity index (χ0v) is 29.3. The summed E-state index contributed by atoms with van der Waals surface area (Å²) in [5.41, 5.74) is 13.2. The molecular formula is C48H30N4S. The Labute approximate surface area is 310 Å². The largest absolute Gasteiger partial charge is 0.255 e. The van der Waals surface area contributed by atoms with Gasteiger partial charge in [-0.1, -0.05) is 115 Å². The van der Waals surface area contributed by atoms with Crippen molar-refractivity contribution in [3.63, 3.8) is 0 Å². The third-order valence-electron chi connectivity index (χ3n) is 9.79. The lowest BCUT2D eigenvalue weighted by Crippen LogP contribution is -1.94. The Morgan fingerprint density at radius 2 is 1.00 bits per heavy atom. The van der Waals surface area contributed by atoms with Crippen LogP contribution in [0.15, 0.2) is 182 Å². The van der Waals surface area contributed by atoms with Crippen LogP contribution in [0.3, 0.4) is 0 Å². The monoisotopic (exact) mass is 694 g/mol. The summed E-state index contributed by atoms with van der Waals surface area (Å²) in [6.45, 7) is 0. The molecule has 0 aliphatic heterocycles. The first kappa shape index (κ1) is 31.0. The van der Waals surface area contributed by atoms with Crippen LogP contribution in [0.25, 0.3) is 98.5 Å². The van der Waals surface area contributed by atoms with Crippen LogP contribution in [0.5, 0.6) is 0 Å². The molecule has 248 valence electrons. The van der Waals surface area contributed by atoms with Crippen molar-refractivity contribution in [3.05, 3.63) is 182 Å². The fourth-order valence-corrected chi connectivity index (χ4v) is 8.49. The number of hydrogen-bond donors (Lipinski definition) is 0. The lowest BCUT2D eigenvalue weighted by Gasteiger charge is -2.13. The van der Waals surface area contributed by atoms with Gasteiger partial charge in [0.1, 0.15) is 0 Å². The maximum atomic E-state index is 5.40. The molecule has 5 aromatic heterocycles. The van der Waals surface area contributed by atoms with Crippen molar-refractivity contribution in [1.82, 2.24) is 19.9 Å². The number of aromatic nitrogens is 4. The fourth-order valence-electron chi connectivity index (χ4n) is 7.27. The average Bonchev–Trinajstić information content (AvgIpc) is 3.64. The first-order chi connectivity index (χ1) is 26.3. The molecule has 0 aliphatic carbocycles. The van der Waals surface area contributed by atoms with E-state index in [1.807, 2.05) is 47.7 Å². The summed E-state index contributed by atoms with van der Waals surface area (Å²) in [5, 5.41) is 3.74. The Balaban J connectivity index is 1.07. The van der Waals surface area contributed by atoms with Gasteiger partial charge in [0.15, 0.2) is 0 Å². The normalized spacial score (nSPS) is 11.4. The van der Waals surface area contributed by atoms with Crippen molar-refractivity contribution < 1.29 is 0 Å². The zero-order chi connectivity index (χ0) is 35.1. The number of rotatable bonds is 6. The highest BCUT2D eigenvalue weighted by molar-refractivity contribution is 7.26. The molecule has 5 aromatic carbocycles. The van der Waals surface area contributed by atoms with Gasteiger partial charge in [-0.3, -0.25) is 9.97 Å². The Morgan fingerprint density at radius 1 is 0.377 bits per heavy atom. The van der Waals surface area contributed by atoms with E-state index in [1.165, 1.54) is 36.7 Å². The van der Waals surface area contributed by atoms with Crippen LogP contribution in [0.1, 0.15) is 0 Å². The summed E-state index contributed by atoms with van der Waals surface area (Å²) in [4.78, 5) is 19.5. The van der Waals surface area contributed by atoms with Gasteiger partial charge < -0.3 is 0 Å². The minimum Gasteiger partial charge on any atom is -0.255 e. The molecule has 53 heavy (non-hydrogen) atoms. The topological polar surface area (TPSA) is 51.6 Å². The lowest BCUT2D eigenvalue weighted by atomic mass is 9.94. The second kappa shape index (κ2) is 13.1. The Morgan fingerprint density at radius 3 is 1.72 bits per heavy atom. The van der Waals surface area contributed by atoms with Crippen LogP contribution in [0, 0.1) is 0 Å². The van der Waals surface area contributed by atoms with E-state index in [0.717, 1.165) is 61.8 Å². The van der Waals surface area contributed by atoms with Gasteiger partial charge in [0.25, 0.3) is 0 Å². The third-order valence-corrected chi connectivity index (χ3v) is 11.0.